The molecular weight excluding hydrogens is 244 g/mol. The number of halogens is 1. The predicted molar refractivity (Wildman–Crippen MR) is 57.7 cm³/mol. The minimum atomic E-state index is -0.293. The molecule has 0 radical (unpaired) electrons. The van der Waals surface area contributed by atoms with Crippen LogP contribution in [0.1, 0.15) is 12.0 Å². The second kappa shape index (κ2) is 4.77. The first-order chi connectivity index (χ1) is 6.63. The number of nitriles is 1. The summed E-state index contributed by atoms with van der Waals surface area (Å²) in [7, 11) is 0. The van der Waals surface area contributed by atoms with Gasteiger partial charge in [-0.25, -0.2) is 0 Å². The third kappa shape index (κ3) is 2.86. The average Bonchev–Trinajstić information content (AvgIpc) is 2.12. The fourth-order valence-electron chi connectivity index (χ4n) is 1.00. The van der Waals surface area contributed by atoms with Crippen molar-refractivity contribution in [1.29, 1.82) is 5.26 Å². The van der Waals surface area contributed by atoms with Crippen molar-refractivity contribution in [2.75, 3.05) is 5.32 Å². The number of nitrogens with zero attached hydrogens (tertiary/aromatic N) is 1. The lowest BCUT2D eigenvalue weighted by Gasteiger charge is -2.06. The minimum Gasteiger partial charge on any atom is -0.324 e. The van der Waals surface area contributed by atoms with E-state index >= 15 is 0 Å². The van der Waals surface area contributed by atoms with E-state index in [0.717, 1.165) is 10.0 Å². The Labute approximate surface area is 90.9 Å². The topological polar surface area (TPSA) is 52.9 Å². The third-order valence-electron chi connectivity index (χ3n) is 1.64. The normalized spacial score (nSPS) is 9.21. The Kier molecular flexibility index (Phi) is 3.66. The zero-order chi connectivity index (χ0) is 10.6. The monoisotopic (exact) mass is 252 g/mol. The SMILES string of the molecule is Cc1ccc(Br)c(NC(=O)CC#N)c1. The number of rotatable bonds is 2. The third-order valence-corrected chi connectivity index (χ3v) is 2.33. The summed E-state index contributed by atoms with van der Waals surface area (Å²) in [4.78, 5) is 11.1. The lowest BCUT2D eigenvalue weighted by molar-refractivity contribution is -0.115. The maximum atomic E-state index is 11.1. The van der Waals surface area contributed by atoms with Gasteiger partial charge in [-0.3, -0.25) is 4.79 Å². The van der Waals surface area contributed by atoms with Gasteiger partial charge >= 0.3 is 0 Å². The summed E-state index contributed by atoms with van der Waals surface area (Å²) >= 11 is 3.31. The van der Waals surface area contributed by atoms with E-state index in [2.05, 4.69) is 21.2 Å². The summed E-state index contributed by atoms with van der Waals surface area (Å²) in [5.74, 6) is -0.293. The quantitative estimate of drug-likeness (QED) is 0.880. The van der Waals surface area contributed by atoms with Gasteiger partial charge in [-0.2, -0.15) is 5.26 Å². The lowest BCUT2D eigenvalue weighted by atomic mass is 10.2. The maximum Gasteiger partial charge on any atom is 0.238 e. The van der Waals surface area contributed by atoms with E-state index in [1.807, 2.05) is 25.1 Å². The van der Waals surface area contributed by atoms with Crippen LogP contribution >= 0.6 is 15.9 Å². The Bertz CT molecular complexity index is 396. The highest BCUT2D eigenvalue weighted by Gasteiger charge is 2.04. The van der Waals surface area contributed by atoms with Gasteiger partial charge in [-0.15, -0.1) is 0 Å². The maximum absolute atomic E-state index is 11.1. The molecule has 1 aromatic rings. The number of nitrogens with one attached hydrogen (secondary N) is 1. The molecule has 0 bridgehead atoms. The number of hydrogen-bond acceptors (Lipinski definition) is 2. The molecular formula is C10H9BrN2O. The molecule has 0 aromatic heterocycles. The van der Waals surface area contributed by atoms with E-state index in [1.165, 1.54) is 0 Å². The van der Waals surface area contributed by atoms with Gasteiger partial charge in [0, 0.05) is 4.47 Å². The van der Waals surface area contributed by atoms with Crippen LogP contribution in [0.25, 0.3) is 0 Å². The molecule has 0 heterocycles. The average molecular weight is 253 g/mol. The molecule has 14 heavy (non-hydrogen) atoms. The number of anilines is 1. The zero-order valence-electron chi connectivity index (χ0n) is 7.67. The van der Waals surface area contributed by atoms with E-state index in [-0.39, 0.29) is 12.3 Å². The predicted octanol–water partition coefficient (Wildman–Crippen LogP) is 2.61. The van der Waals surface area contributed by atoms with Crippen LogP contribution in [0.4, 0.5) is 5.69 Å². The van der Waals surface area contributed by atoms with Crippen LogP contribution in [0.3, 0.4) is 0 Å². The van der Waals surface area contributed by atoms with Gasteiger partial charge in [-0.05, 0) is 40.5 Å². The molecule has 0 aliphatic heterocycles. The lowest BCUT2D eigenvalue weighted by Crippen LogP contribution is -2.10. The van der Waals surface area contributed by atoms with Crippen LogP contribution in [0.15, 0.2) is 22.7 Å². The number of carbonyl (C=O) groups is 1. The number of aryl methyl sites for hydroxylation is 1. The van der Waals surface area contributed by atoms with Crippen molar-refractivity contribution in [2.24, 2.45) is 0 Å². The highest BCUT2D eigenvalue weighted by Crippen LogP contribution is 2.23. The first kappa shape index (κ1) is 10.7. The molecule has 3 nitrogen and oxygen atoms in total. The molecule has 1 amide bonds. The Morgan fingerprint density at radius 1 is 1.64 bits per heavy atom. The standard InChI is InChI=1S/C10H9BrN2O/c1-7-2-3-8(11)9(6-7)13-10(14)4-5-12/h2-3,6H,4H2,1H3,(H,13,14). The highest BCUT2D eigenvalue weighted by molar-refractivity contribution is 9.10. The smallest absolute Gasteiger partial charge is 0.238 e. The molecule has 4 heteroatoms. The molecule has 0 saturated heterocycles. The number of hydrogen-bond donors (Lipinski definition) is 1. The van der Waals surface area contributed by atoms with E-state index < -0.39 is 0 Å². The number of amides is 1. The molecule has 0 spiro atoms. The first-order valence-corrected chi connectivity index (χ1v) is 4.85. The number of benzene rings is 1. The first-order valence-electron chi connectivity index (χ1n) is 4.06. The largest absolute Gasteiger partial charge is 0.324 e. The van der Waals surface area contributed by atoms with Crippen LogP contribution in [-0.2, 0) is 4.79 Å². The van der Waals surface area contributed by atoms with Gasteiger partial charge < -0.3 is 5.32 Å². The van der Waals surface area contributed by atoms with Gasteiger partial charge in [0.15, 0.2) is 0 Å². The van der Waals surface area contributed by atoms with Crippen LogP contribution < -0.4 is 5.32 Å². The fourth-order valence-corrected chi connectivity index (χ4v) is 1.35. The molecule has 1 aromatic carbocycles. The van der Waals surface area contributed by atoms with Gasteiger partial charge in [0.25, 0.3) is 0 Å². The van der Waals surface area contributed by atoms with Gasteiger partial charge in [-0.1, -0.05) is 6.07 Å². The molecule has 1 rings (SSSR count). The zero-order valence-corrected chi connectivity index (χ0v) is 9.26. The molecule has 0 unspecified atom stereocenters. The summed E-state index contributed by atoms with van der Waals surface area (Å²) in [6.07, 6.45) is -0.125. The van der Waals surface area contributed by atoms with Crippen molar-refractivity contribution in [3.63, 3.8) is 0 Å². The van der Waals surface area contributed by atoms with Crippen molar-refractivity contribution < 1.29 is 4.79 Å². The summed E-state index contributed by atoms with van der Waals surface area (Å²) in [5.41, 5.74) is 1.76. The van der Waals surface area contributed by atoms with Gasteiger partial charge in [0.2, 0.25) is 5.91 Å². The minimum absolute atomic E-state index is 0.125. The van der Waals surface area contributed by atoms with E-state index in [0.29, 0.717) is 5.69 Å². The second-order valence-corrected chi connectivity index (χ2v) is 3.72. The molecule has 72 valence electrons. The molecule has 0 fully saturated rings. The molecule has 0 aliphatic carbocycles. The van der Waals surface area contributed by atoms with Gasteiger partial charge in [0.1, 0.15) is 6.42 Å². The summed E-state index contributed by atoms with van der Waals surface area (Å²) in [5, 5.41) is 11.0. The van der Waals surface area contributed by atoms with Crippen molar-refractivity contribution in [3.05, 3.63) is 28.2 Å². The van der Waals surface area contributed by atoms with Crippen LogP contribution in [0.2, 0.25) is 0 Å². The summed E-state index contributed by atoms with van der Waals surface area (Å²) in [6.45, 7) is 1.94. The van der Waals surface area contributed by atoms with Crippen molar-refractivity contribution in [1.82, 2.24) is 0 Å². The fraction of sp³-hybridized carbons (Fsp3) is 0.200. The summed E-state index contributed by atoms with van der Waals surface area (Å²) in [6, 6.07) is 7.43. The van der Waals surface area contributed by atoms with Crippen molar-refractivity contribution >= 4 is 27.5 Å². The van der Waals surface area contributed by atoms with Crippen molar-refractivity contribution in [3.8, 4) is 6.07 Å². The van der Waals surface area contributed by atoms with E-state index in [4.69, 9.17) is 5.26 Å². The van der Waals surface area contributed by atoms with Crippen LogP contribution in [0.5, 0.6) is 0 Å². The Hall–Kier alpha value is -1.34. The Morgan fingerprint density at radius 2 is 2.36 bits per heavy atom. The van der Waals surface area contributed by atoms with Crippen LogP contribution in [0, 0.1) is 18.3 Å². The number of carbonyl (C=O) groups excluding carboxylic acids is 1. The molecule has 1 N–H and O–H groups in total. The summed E-state index contributed by atoms with van der Waals surface area (Å²) < 4.78 is 0.814. The van der Waals surface area contributed by atoms with Gasteiger partial charge in [0.05, 0.1) is 11.8 Å². The van der Waals surface area contributed by atoms with Crippen molar-refractivity contribution in [2.45, 2.75) is 13.3 Å². The Balaban J connectivity index is 2.81. The molecule has 0 saturated carbocycles. The molecule has 0 aliphatic rings. The second-order valence-electron chi connectivity index (χ2n) is 2.87. The van der Waals surface area contributed by atoms with Crippen LogP contribution in [-0.4, -0.2) is 5.91 Å². The van der Waals surface area contributed by atoms with E-state index in [1.54, 1.807) is 6.07 Å². The van der Waals surface area contributed by atoms with E-state index in [9.17, 15) is 4.79 Å². The highest BCUT2D eigenvalue weighted by atomic mass is 79.9. The Morgan fingerprint density at radius 3 is 3.00 bits per heavy atom. The molecule has 0 atom stereocenters.